The van der Waals surface area contributed by atoms with Gasteiger partial charge in [0.2, 0.25) is 11.8 Å². The van der Waals surface area contributed by atoms with Gasteiger partial charge in [-0.25, -0.2) is 0 Å². The zero-order valence-electron chi connectivity index (χ0n) is 15.5. The molecule has 2 rings (SSSR count). The molecule has 1 aliphatic carbocycles. The number of para-hydroxylation sites is 2. The van der Waals surface area contributed by atoms with Crippen molar-refractivity contribution in [3.05, 3.63) is 24.3 Å². The zero-order valence-corrected chi connectivity index (χ0v) is 15.5. The second kappa shape index (κ2) is 8.68. The van der Waals surface area contributed by atoms with Crippen molar-refractivity contribution in [1.82, 2.24) is 10.2 Å². The molecule has 1 saturated carbocycles. The number of hydrogen-bond acceptors (Lipinski definition) is 5. The van der Waals surface area contributed by atoms with Crippen molar-refractivity contribution in [2.24, 2.45) is 5.92 Å². The lowest BCUT2D eigenvalue weighted by Crippen LogP contribution is -2.50. The standard InChI is InChI=1S/C19H26N4O3/c1-4-23(12-18(25)22-19(2,13-20)14-9-10-14)11-17(24)21-15-7-5-6-8-16(15)26-3/h5-8,14H,4,9-12H2,1-3H3,(H,21,24)(H,22,25). The number of hydrogen-bond donors (Lipinski definition) is 2. The Bertz CT molecular complexity index is 696. The molecule has 1 aliphatic rings. The van der Waals surface area contributed by atoms with E-state index >= 15 is 0 Å². The van der Waals surface area contributed by atoms with Gasteiger partial charge in [-0.15, -0.1) is 0 Å². The Morgan fingerprint density at radius 3 is 2.54 bits per heavy atom. The fourth-order valence-electron chi connectivity index (χ4n) is 2.83. The third kappa shape index (κ3) is 5.20. The number of rotatable bonds is 9. The van der Waals surface area contributed by atoms with Gasteiger partial charge in [0.25, 0.3) is 0 Å². The largest absolute Gasteiger partial charge is 0.495 e. The van der Waals surface area contributed by atoms with Crippen LogP contribution < -0.4 is 15.4 Å². The van der Waals surface area contributed by atoms with Crippen LogP contribution in [0.4, 0.5) is 5.69 Å². The van der Waals surface area contributed by atoms with Crippen molar-refractivity contribution in [3.8, 4) is 11.8 Å². The molecule has 0 radical (unpaired) electrons. The molecule has 7 nitrogen and oxygen atoms in total. The molecule has 0 aromatic heterocycles. The number of nitrogens with one attached hydrogen (secondary N) is 2. The van der Waals surface area contributed by atoms with Crippen LogP contribution in [0.15, 0.2) is 24.3 Å². The monoisotopic (exact) mass is 358 g/mol. The zero-order chi connectivity index (χ0) is 19.2. The summed E-state index contributed by atoms with van der Waals surface area (Å²) in [5.41, 5.74) is -0.234. The van der Waals surface area contributed by atoms with Crippen LogP contribution in [0.2, 0.25) is 0 Å². The van der Waals surface area contributed by atoms with Crippen LogP contribution >= 0.6 is 0 Å². The molecule has 0 bridgehead atoms. The minimum absolute atomic E-state index is 0.0693. The van der Waals surface area contributed by atoms with Crippen molar-refractivity contribution < 1.29 is 14.3 Å². The van der Waals surface area contributed by atoms with E-state index in [0.29, 0.717) is 18.0 Å². The number of ether oxygens (including phenoxy) is 1. The van der Waals surface area contributed by atoms with Gasteiger partial charge in [-0.3, -0.25) is 14.5 Å². The van der Waals surface area contributed by atoms with Gasteiger partial charge in [-0.1, -0.05) is 19.1 Å². The van der Waals surface area contributed by atoms with Gasteiger partial charge in [0.1, 0.15) is 11.3 Å². The summed E-state index contributed by atoms with van der Waals surface area (Å²) in [6.07, 6.45) is 1.92. The quantitative estimate of drug-likeness (QED) is 0.701. The molecular weight excluding hydrogens is 332 g/mol. The lowest BCUT2D eigenvalue weighted by atomic mass is 9.98. The van der Waals surface area contributed by atoms with E-state index in [9.17, 15) is 14.9 Å². The van der Waals surface area contributed by atoms with Crippen LogP contribution in [0.1, 0.15) is 26.7 Å². The number of anilines is 1. The molecule has 1 unspecified atom stereocenters. The Morgan fingerprint density at radius 2 is 1.96 bits per heavy atom. The Morgan fingerprint density at radius 1 is 1.31 bits per heavy atom. The summed E-state index contributed by atoms with van der Waals surface area (Å²) in [6.45, 7) is 4.33. The predicted octanol–water partition coefficient (Wildman–Crippen LogP) is 1.76. The van der Waals surface area contributed by atoms with Gasteiger partial charge in [-0.05, 0) is 44.4 Å². The summed E-state index contributed by atoms with van der Waals surface area (Å²) >= 11 is 0. The molecule has 0 spiro atoms. The Balaban J connectivity index is 1.89. The van der Waals surface area contributed by atoms with Gasteiger partial charge in [-0.2, -0.15) is 5.26 Å². The highest BCUT2D eigenvalue weighted by atomic mass is 16.5. The molecule has 1 aromatic rings. The number of nitrogens with zero attached hydrogens (tertiary/aromatic N) is 2. The Kier molecular flexibility index (Phi) is 6.58. The molecule has 1 fully saturated rings. The number of carbonyl (C=O) groups excluding carboxylic acids is 2. The van der Waals surface area contributed by atoms with E-state index < -0.39 is 5.54 Å². The lowest BCUT2D eigenvalue weighted by molar-refractivity contribution is -0.124. The Hall–Kier alpha value is -2.59. The second-order valence-electron chi connectivity index (χ2n) is 6.69. The highest BCUT2D eigenvalue weighted by molar-refractivity contribution is 5.94. The first-order chi connectivity index (χ1) is 12.4. The van der Waals surface area contributed by atoms with Gasteiger partial charge >= 0.3 is 0 Å². The average Bonchev–Trinajstić information content (AvgIpc) is 3.47. The van der Waals surface area contributed by atoms with E-state index in [4.69, 9.17) is 4.74 Å². The normalized spacial score (nSPS) is 15.7. The lowest BCUT2D eigenvalue weighted by Gasteiger charge is -2.25. The Labute approximate surface area is 154 Å². The molecule has 140 valence electrons. The van der Waals surface area contributed by atoms with Crippen molar-refractivity contribution in [3.63, 3.8) is 0 Å². The molecule has 7 heteroatoms. The first-order valence-electron chi connectivity index (χ1n) is 8.79. The highest BCUT2D eigenvalue weighted by Crippen LogP contribution is 2.39. The van der Waals surface area contributed by atoms with Crippen LogP contribution in [-0.2, 0) is 9.59 Å². The van der Waals surface area contributed by atoms with E-state index in [2.05, 4.69) is 16.7 Å². The maximum Gasteiger partial charge on any atom is 0.238 e. The summed E-state index contributed by atoms with van der Waals surface area (Å²) in [4.78, 5) is 26.3. The van der Waals surface area contributed by atoms with Crippen molar-refractivity contribution in [2.45, 2.75) is 32.2 Å². The molecule has 26 heavy (non-hydrogen) atoms. The van der Waals surface area contributed by atoms with Crippen LogP contribution in [0.5, 0.6) is 5.75 Å². The summed E-state index contributed by atoms with van der Waals surface area (Å²) in [5.74, 6) is 0.332. The summed E-state index contributed by atoms with van der Waals surface area (Å²) in [5, 5.41) is 15.0. The number of carbonyl (C=O) groups is 2. The number of benzene rings is 1. The van der Waals surface area contributed by atoms with Crippen molar-refractivity contribution in [1.29, 1.82) is 5.26 Å². The molecular formula is C19H26N4O3. The van der Waals surface area contributed by atoms with Gasteiger partial charge in [0.15, 0.2) is 0 Å². The highest BCUT2D eigenvalue weighted by Gasteiger charge is 2.43. The van der Waals surface area contributed by atoms with E-state index in [0.717, 1.165) is 12.8 Å². The van der Waals surface area contributed by atoms with E-state index in [1.165, 1.54) is 0 Å². The summed E-state index contributed by atoms with van der Waals surface area (Å²) < 4.78 is 5.21. The average molecular weight is 358 g/mol. The minimum Gasteiger partial charge on any atom is -0.495 e. The van der Waals surface area contributed by atoms with Crippen LogP contribution in [0, 0.1) is 17.2 Å². The fraction of sp³-hybridized carbons (Fsp3) is 0.526. The van der Waals surface area contributed by atoms with Crippen LogP contribution in [-0.4, -0.2) is 49.0 Å². The third-order valence-electron chi connectivity index (χ3n) is 4.59. The first-order valence-corrected chi connectivity index (χ1v) is 8.79. The molecule has 0 saturated heterocycles. The topological polar surface area (TPSA) is 94.5 Å². The molecule has 2 amide bonds. The smallest absolute Gasteiger partial charge is 0.238 e. The van der Waals surface area contributed by atoms with Crippen molar-refractivity contribution in [2.75, 3.05) is 32.1 Å². The SMILES string of the molecule is CCN(CC(=O)Nc1ccccc1OC)CC(=O)NC(C)(C#N)C1CC1. The van der Waals surface area contributed by atoms with Crippen LogP contribution in [0.3, 0.4) is 0 Å². The number of nitriles is 1. The summed E-state index contributed by atoms with van der Waals surface area (Å²) in [7, 11) is 1.54. The van der Waals surface area contributed by atoms with E-state index in [-0.39, 0.29) is 30.8 Å². The third-order valence-corrected chi connectivity index (χ3v) is 4.59. The summed E-state index contributed by atoms with van der Waals surface area (Å²) in [6, 6.07) is 9.36. The van der Waals surface area contributed by atoms with Gasteiger partial charge < -0.3 is 15.4 Å². The first kappa shape index (κ1) is 19.7. The van der Waals surface area contributed by atoms with E-state index in [1.807, 2.05) is 19.1 Å². The molecule has 0 aliphatic heterocycles. The van der Waals surface area contributed by atoms with Gasteiger partial charge in [0.05, 0.1) is 32.0 Å². The molecule has 1 aromatic carbocycles. The predicted molar refractivity (Wildman–Crippen MR) is 98.6 cm³/mol. The van der Waals surface area contributed by atoms with Crippen molar-refractivity contribution >= 4 is 17.5 Å². The minimum atomic E-state index is -0.823. The number of likely N-dealkylation sites (N-methyl/N-ethyl adjacent to an activating group) is 1. The second-order valence-corrected chi connectivity index (χ2v) is 6.69. The number of amides is 2. The molecule has 2 N–H and O–H groups in total. The van der Waals surface area contributed by atoms with Gasteiger partial charge in [0, 0.05) is 0 Å². The van der Waals surface area contributed by atoms with E-state index in [1.54, 1.807) is 31.1 Å². The molecule has 0 heterocycles. The number of methoxy groups -OCH3 is 1. The maximum atomic E-state index is 12.3. The molecule has 1 atom stereocenters. The van der Waals surface area contributed by atoms with Crippen LogP contribution in [0.25, 0.3) is 0 Å². The maximum absolute atomic E-state index is 12.3. The fourth-order valence-corrected chi connectivity index (χ4v) is 2.83.